The van der Waals surface area contributed by atoms with Crippen LogP contribution < -0.4 is 10.2 Å². The van der Waals surface area contributed by atoms with Crippen molar-refractivity contribution in [1.29, 1.82) is 0 Å². The van der Waals surface area contributed by atoms with Crippen LogP contribution in [0.1, 0.15) is 34.1 Å². The number of ether oxygens (including phenoxy) is 1. The van der Waals surface area contributed by atoms with E-state index < -0.39 is 0 Å². The Kier molecular flexibility index (Phi) is 6.68. The molecule has 0 radical (unpaired) electrons. The minimum Gasteiger partial charge on any atom is -0.378 e. The molecule has 0 saturated carbocycles. The van der Waals surface area contributed by atoms with E-state index in [9.17, 15) is 4.79 Å². The summed E-state index contributed by atoms with van der Waals surface area (Å²) in [4.78, 5) is 23.6. The van der Waals surface area contributed by atoms with Gasteiger partial charge in [0.15, 0.2) is 5.16 Å². The van der Waals surface area contributed by atoms with Crippen molar-refractivity contribution in [2.75, 3.05) is 37.7 Å². The molecule has 0 aliphatic carbocycles. The van der Waals surface area contributed by atoms with Gasteiger partial charge in [-0.25, -0.2) is 9.97 Å². The van der Waals surface area contributed by atoms with E-state index in [1.807, 2.05) is 38.1 Å². The van der Waals surface area contributed by atoms with Gasteiger partial charge in [-0.05, 0) is 38.5 Å². The molecule has 0 atom stereocenters. The number of nitrogens with one attached hydrogen (secondary N) is 1. The number of rotatable bonds is 6. The lowest BCUT2D eigenvalue weighted by Crippen LogP contribution is -2.37. The summed E-state index contributed by atoms with van der Waals surface area (Å²) in [7, 11) is 0. The standard InChI is InChI=1S/C20H26N4O2S/c1-4-21-19(25)17-7-5-16(6-8-17)13-27-20-22-15(3)14(2)18(23-20)24-9-11-26-12-10-24/h5-8H,4,9-13H2,1-3H3,(H,21,25). The summed E-state index contributed by atoms with van der Waals surface area (Å²) in [6.07, 6.45) is 0. The van der Waals surface area contributed by atoms with Crippen LogP contribution in [0.3, 0.4) is 0 Å². The molecule has 1 aromatic heterocycles. The van der Waals surface area contributed by atoms with Crippen molar-refractivity contribution in [1.82, 2.24) is 15.3 Å². The van der Waals surface area contributed by atoms with Gasteiger partial charge in [0, 0.05) is 42.2 Å². The number of morpholine rings is 1. The van der Waals surface area contributed by atoms with Crippen LogP contribution in [-0.2, 0) is 10.5 Å². The van der Waals surface area contributed by atoms with E-state index in [2.05, 4.69) is 22.1 Å². The Morgan fingerprint density at radius 3 is 2.56 bits per heavy atom. The number of hydrogen-bond acceptors (Lipinski definition) is 6. The van der Waals surface area contributed by atoms with Gasteiger partial charge in [-0.1, -0.05) is 23.9 Å². The van der Waals surface area contributed by atoms with Gasteiger partial charge in [-0.15, -0.1) is 0 Å². The van der Waals surface area contributed by atoms with Crippen molar-refractivity contribution in [2.24, 2.45) is 0 Å². The normalized spacial score (nSPS) is 14.3. The number of aryl methyl sites for hydroxylation is 1. The fourth-order valence-corrected chi connectivity index (χ4v) is 3.74. The van der Waals surface area contributed by atoms with E-state index >= 15 is 0 Å². The van der Waals surface area contributed by atoms with Crippen LogP contribution in [0, 0.1) is 13.8 Å². The van der Waals surface area contributed by atoms with Crippen molar-refractivity contribution in [3.05, 3.63) is 46.6 Å². The molecule has 2 heterocycles. The van der Waals surface area contributed by atoms with Crippen molar-refractivity contribution < 1.29 is 9.53 Å². The van der Waals surface area contributed by atoms with Crippen molar-refractivity contribution in [3.63, 3.8) is 0 Å². The summed E-state index contributed by atoms with van der Waals surface area (Å²) >= 11 is 1.62. The summed E-state index contributed by atoms with van der Waals surface area (Å²) in [5.41, 5.74) is 3.97. The van der Waals surface area contributed by atoms with Crippen LogP contribution in [-0.4, -0.2) is 48.7 Å². The second-order valence-corrected chi connectivity index (χ2v) is 7.43. The first-order valence-electron chi connectivity index (χ1n) is 9.26. The Hall–Kier alpha value is -2.12. The molecule has 7 heteroatoms. The number of benzene rings is 1. The van der Waals surface area contributed by atoms with E-state index in [-0.39, 0.29) is 5.91 Å². The first-order chi connectivity index (χ1) is 13.1. The highest BCUT2D eigenvalue weighted by Gasteiger charge is 2.17. The summed E-state index contributed by atoms with van der Waals surface area (Å²) in [5.74, 6) is 1.74. The first-order valence-corrected chi connectivity index (χ1v) is 10.2. The lowest BCUT2D eigenvalue weighted by molar-refractivity contribution is 0.0956. The zero-order valence-electron chi connectivity index (χ0n) is 16.1. The maximum atomic E-state index is 11.8. The monoisotopic (exact) mass is 386 g/mol. The highest BCUT2D eigenvalue weighted by atomic mass is 32.2. The Balaban J connectivity index is 1.68. The fraction of sp³-hybridized carbons (Fsp3) is 0.450. The molecule has 2 aromatic rings. The van der Waals surface area contributed by atoms with E-state index in [1.54, 1.807) is 11.8 Å². The number of carbonyl (C=O) groups excluding carboxylic acids is 1. The van der Waals surface area contributed by atoms with E-state index in [1.165, 1.54) is 0 Å². The van der Waals surface area contributed by atoms with Crippen molar-refractivity contribution in [2.45, 2.75) is 31.7 Å². The molecule has 1 amide bonds. The van der Waals surface area contributed by atoms with Gasteiger partial charge in [0.1, 0.15) is 5.82 Å². The molecule has 6 nitrogen and oxygen atoms in total. The number of carbonyl (C=O) groups is 1. The van der Waals surface area contributed by atoms with Gasteiger partial charge in [0.05, 0.1) is 13.2 Å². The maximum absolute atomic E-state index is 11.8. The summed E-state index contributed by atoms with van der Waals surface area (Å²) in [6, 6.07) is 7.70. The predicted molar refractivity (Wildman–Crippen MR) is 109 cm³/mol. The molecule has 0 unspecified atom stereocenters. The van der Waals surface area contributed by atoms with Crippen molar-refractivity contribution in [3.8, 4) is 0 Å². The SMILES string of the molecule is CCNC(=O)c1ccc(CSc2nc(C)c(C)c(N3CCOCC3)n2)cc1. The molecule has 1 saturated heterocycles. The van der Waals surface area contributed by atoms with Gasteiger partial charge < -0.3 is 15.0 Å². The average molecular weight is 387 g/mol. The Morgan fingerprint density at radius 1 is 1.19 bits per heavy atom. The quantitative estimate of drug-likeness (QED) is 0.608. The fourth-order valence-electron chi connectivity index (χ4n) is 2.90. The minimum absolute atomic E-state index is 0.0376. The zero-order valence-corrected chi connectivity index (χ0v) is 16.9. The molecule has 3 rings (SSSR count). The Morgan fingerprint density at radius 2 is 1.89 bits per heavy atom. The molecule has 0 spiro atoms. The Labute approximate surface area is 164 Å². The molecule has 27 heavy (non-hydrogen) atoms. The van der Waals surface area contributed by atoms with Crippen LogP contribution in [0.5, 0.6) is 0 Å². The Bertz CT molecular complexity index is 789. The van der Waals surface area contributed by atoms with Gasteiger partial charge in [0.25, 0.3) is 5.91 Å². The molecule has 1 aliphatic rings. The topological polar surface area (TPSA) is 67.4 Å². The number of nitrogens with zero attached hydrogens (tertiary/aromatic N) is 3. The largest absolute Gasteiger partial charge is 0.378 e. The molecular weight excluding hydrogens is 360 g/mol. The minimum atomic E-state index is -0.0376. The third kappa shape index (κ3) is 4.99. The van der Waals surface area contributed by atoms with Crippen LogP contribution in [0.25, 0.3) is 0 Å². The molecule has 1 N–H and O–H groups in total. The first kappa shape index (κ1) is 19.6. The molecule has 1 fully saturated rings. The van der Waals surface area contributed by atoms with Gasteiger partial charge >= 0.3 is 0 Å². The molecule has 1 aliphatic heterocycles. The zero-order chi connectivity index (χ0) is 19.2. The number of anilines is 1. The molecule has 144 valence electrons. The third-order valence-corrected chi connectivity index (χ3v) is 5.49. The van der Waals surface area contributed by atoms with E-state index in [4.69, 9.17) is 9.72 Å². The third-order valence-electron chi connectivity index (χ3n) is 4.58. The second-order valence-electron chi connectivity index (χ2n) is 6.48. The van der Waals surface area contributed by atoms with Crippen LogP contribution in [0.4, 0.5) is 5.82 Å². The molecule has 1 aromatic carbocycles. The van der Waals surface area contributed by atoms with Crippen molar-refractivity contribution >= 4 is 23.5 Å². The van der Waals surface area contributed by atoms with Gasteiger partial charge in [0.2, 0.25) is 0 Å². The predicted octanol–water partition coefficient (Wildman–Crippen LogP) is 2.97. The maximum Gasteiger partial charge on any atom is 0.251 e. The van der Waals surface area contributed by atoms with Crippen LogP contribution >= 0.6 is 11.8 Å². The number of hydrogen-bond donors (Lipinski definition) is 1. The number of amides is 1. The molecular formula is C20H26N4O2S. The highest BCUT2D eigenvalue weighted by Crippen LogP contribution is 2.26. The van der Waals surface area contributed by atoms with E-state index in [0.29, 0.717) is 12.1 Å². The lowest BCUT2D eigenvalue weighted by Gasteiger charge is -2.29. The summed E-state index contributed by atoms with van der Waals surface area (Å²) < 4.78 is 5.45. The smallest absolute Gasteiger partial charge is 0.251 e. The molecule has 0 bridgehead atoms. The lowest BCUT2D eigenvalue weighted by atomic mass is 10.1. The van der Waals surface area contributed by atoms with Crippen LogP contribution in [0.2, 0.25) is 0 Å². The van der Waals surface area contributed by atoms with Gasteiger partial charge in [-0.3, -0.25) is 4.79 Å². The number of thioether (sulfide) groups is 1. The van der Waals surface area contributed by atoms with Crippen LogP contribution in [0.15, 0.2) is 29.4 Å². The van der Waals surface area contributed by atoms with E-state index in [0.717, 1.165) is 59.9 Å². The average Bonchev–Trinajstić information content (AvgIpc) is 2.70. The summed E-state index contributed by atoms with van der Waals surface area (Å²) in [5, 5.41) is 3.59. The second kappa shape index (κ2) is 9.19. The highest BCUT2D eigenvalue weighted by molar-refractivity contribution is 7.98. The number of aromatic nitrogens is 2. The van der Waals surface area contributed by atoms with Gasteiger partial charge in [-0.2, -0.15) is 0 Å². The summed E-state index contributed by atoms with van der Waals surface area (Å²) in [6.45, 7) is 9.86.